The van der Waals surface area contributed by atoms with E-state index in [1.165, 1.54) is 12.1 Å². The molecule has 0 amide bonds. The van der Waals surface area contributed by atoms with Gasteiger partial charge in [0.05, 0.1) is 21.1 Å². The molecule has 1 aromatic carbocycles. The lowest BCUT2D eigenvalue weighted by Gasteiger charge is -2.16. The van der Waals surface area contributed by atoms with Gasteiger partial charge in [0.15, 0.2) is 6.10 Å². The van der Waals surface area contributed by atoms with Crippen molar-refractivity contribution in [2.24, 2.45) is 0 Å². The molecule has 1 aromatic rings. The first kappa shape index (κ1) is 16.0. The molecule has 0 saturated carbocycles. The zero-order valence-corrected chi connectivity index (χ0v) is 13.4. The highest BCUT2D eigenvalue weighted by Crippen LogP contribution is 2.35. The summed E-state index contributed by atoms with van der Waals surface area (Å²) in [5.41, 5.74) is 0.106. The van der Waals surface area contributed by atoms with Crippen molar-refractivity contribution in [1.82, 2.24) is 0 Å². The molecule has 1 N–H and O–H groups in total. The second kappa shape index (κ2) is 6.91. The van der Waals surface area contributed by atoms with Crippen LogP contribution in [0.1, 0.15) is 24.2 Å². The zero-order chi connectivity index (χ0) is 14.6. The highest BCUT2D eigenvalue weighted by molar-refractivity contribution is 9.11. The molecule has 7 heteroatoms. The lowest BCUT2D eigenvalue weighted by molar-refractivity contribution is -0.150. The number of hydrogen-bond donors (Lipinski definition) is 1. The van der Waals surface area contributed by atoms with E-state index in [0.29, 0.717) is 14.7 Å². The number of halogens is 2. The zero-order valence-electron chi connectivity index (χ0n) is 10.3. The number of aromatic carboxylic acids is 1. The molecular weight excluding hydrogens is 384 g/mol. The van der Waals surface area contributed by atoms with Gasteiger partial charge in [0, 0.05) is 0 Å². The Balaban J connectivity index is 2.96. The molecule has 0 radical (unpaired) electrons. The van der Waals surface area contributed by atoms with Gasteiger partial charge in [0.2, 0.25) is 0 Å². The van der Waals surface area contributed by atoms with Crippen molar-refractivity contribution >= 4 is 43.8 Å². The third-order valence-electron chi connectivity index (χ3n) is 2.16. The molecule has 19 heavy (non-hydrogen) atoms. The van der Waals surface area contributed by atoms with Gasteiger partial charge >= 0.3 is 11.9 Å². The van der Waals surface area contributed by atoms with Gasteiger partial charge in [-0.15, -0.1) is 0 Å². The Morgan fingerprint density at radius 2 is 1.84 bits per heavy atom. The third kappa shape index (κ3) is 4.21. The van der Waals surface area contributed by atoms with Crippen LogP contribution >= 0.6 is 31.9 Å². The van der Waals surface area contributed by atoms with Crippen molar-refractivity contribution in [3.8, 4) is 5.75 Å². The minimum Gasteiger partial charge on any atom is -0.478 e. The largest absolute Gasteiger partial charge is 0.478 e. The first-order valence-corrected chi connectivity index (χ1v) is 7.01. The molecule has 0 aliphatic rings. The maximum absolute atomic E-state index is 11.5. The molecule has 0 spiro atoms. The lowest BCUT2D eigenvalue weighted by atomic mass is 10.2. The van der Waals surface area contributed by atoms with E-state index >= 15 is 0 Å². The summed E-state index contributed by atoms with van der Waals surface area (Å²) < 4.78 is 11.2. The van der Waals surface area contributed by atoms with E-state index < -0.39 is 18.0 Å². The molecule has 0 aliphatic heterocycles. The molecule has 104 valence electrons. The maximum atomic E-state index is 11.5. The van der Waals surface area contributed by atoms with Crippen molar-refractivity contribution in [3.05, 3.63) is 26.6 Å². The smallest absolute Gasteiger partial charge is 0.347 e. The summed E-state index contributed by atoms with van der Waals surface area (Å²) in [4.78, 5) is 22.3. The van der Waals surface area contributed by atoms with E-state index in [4.69, 9.17) is 14.6 Å². The minimum absolute atomic E-state index is 0.106. The van der Waals surface area contributed by atoms with Gasteiger partial charge in [0.1, 0.15) is 5.75 Å². The topological polar surface area (TPSA) is 72.8 Å². The fraction of sp³-hybridized carbons (Fsp3) is 0.333. The summed E-state index contributed by atoms with van der Waals surface area (Å²) in [6.45, 7) is 3.53. The van der Waals surface area contributed by atoms with Gasteiger partial charge in [-0.1, -0.05) is 0 Å². The van der Waals surface area contributed by atoms with Crippen LogP contribution in [-0.4, -0.2) is 29.8 Å². The summed E-state index contributed by atoms with van der Waals surface area (Å²) in [5, 5.41) is 8.91. The lowest BCUT2D eigenvalue weighted by Crippen LogP contribution is -2.26. The second-order valence-corrected chi connectivity index (χ2v) is 5.29. The van der Waals surface area contributed by atoms with Crippen LogP contribution in [0.2, 0.25) is 0 Å². The fourth-order valence-electron chi connectivity index (χ4n) is 1.28. The van der Waals surface area contributed by atoms with Crippen molar-refractivity contribution in [3.63, 3.8) is 0 Å². The SMILES string of the molecule is CCOC(=O)C(C)Oc1c(Br)cc(C(=O)O)cc1Br. The Labute approximate surface area is 127 Å². The number of carboxylic acids is 1. The summed E-state index contributed by atoms with van der Waals surface area (Å²) in [7, 11) is 0. The van der Waals surface area contributed by atoms with Crippen LogP contribution in [0.3, 0.4) is 0 Å². The van der Waals surface area contributed by atoms with E-state index in [-0.39, 0.29) is 12.2 Å². The highest BCUT2D eigenvalue weighted by Gasteiger charge is 2.20. The number of carbonyl (C=O) groups is 2. The van der Waals surface area contributed by atoms with Crippen molar-refractivity contribution in [1.29, 1.82) is 0 Å². The van der Waals surface area contributed by atoms with Gasteiger partial charge in [-0.25, -0.2) is 9.59 Å². The summed E-state index contributed by atoms with van der Waals surface area (Å²) in [6, 6.07) is 2.81. The number of rotatable bonds is 5. The molecule has 1 atom stereocenters. The Hall–Kier alpha value is -1.08. The molecule has 1 rings (SSSR count). The predicted octanol–water partition coefficient (Wildman–Crippen LogP) is 3.24. The normalized spacial score (nSPS) is 11.8. The van der Waals surface area contributed by atoms with Crippen LogP contribution in [0.25, 0.3) is 0 Å². The average Bonchev–Trinajstić information content (AvgIpc) is 2.33. The van der Waals surface area contributed by atoms with E-state index in [1.807, 2.05) is 0 Å². The Kier molecular flexibility index (Phi) is 5.81. The van der Waals surface area contributed by atoms with Gasteiger partial charge < -0.3 is 14.6 Å². The molecular formula is C12H12Br2O5. The minimum atomic E-state index is -1.05. The molecule has 0 aromatic heterocycles. The Morgan fingerprint density at radius 1 is 1.32 bits per heavy atom. The van der Waals surface area contributed by atoms with Gasteiger partial charge in [-0.2, -0.15) is 0 Å². The quantitative estimate of drug-likeness (QED) is 0.774. The van der Waals surface area contributed by atoms with Crippen molar-refractivity contribution in [2.75, 3.05) is 6.61 Å². The molecule has 1 unspecified atom stereocenters. The van der Waals surface area contributed by atoms with E-state index in [2.05, 4.69) is 31.9 Å². The van der Waals surface area contributed by atoms with E-state index in [0.717, 1.165) is 0 Å². The van der Waals surface area contributed by atoms with Gasteiger partial charge in [-0.3, -0.25) is 0 Å². The van der Waals surface area contributed by atoms with Gasteiger partial charge in [-0.05, 0) is 57.8 Å². The van der Waals surface area contributed by atoms with Crippen LogP contribution < -0.4 is 4.74 Å². The van der Waals surface area contributed by atoms with Crippen molar-refractivity contribution in [2.45, 2.75) is 20.0 Å². The fourth-order valence-corrected chi connectivity index (χ4v) is 2.65. The molecule has 0 aliphatic carbocycles. The average molecular weight is 396 g/mol. The van der Waals surface area contributed by atoms with Crippen LogP contribution in [0.15, 0.2) is 21.1 Å². The van der Waals surface area contributed by atoms with E-state index in [9.17, 15) is 9.59 Å². The number of carbonyl (C=O) groups excluding carboxylic acids is 1. The predicted molar refractivity (Wildman–Crippen MR) is 75.5 cm³/mol. The maximum Gasteiger partial charge on any atom is 0.347 e. The number of ether oxygens (including phenoxy) is 2. The molecule has 0 bridgehead atoms. The number of carboxylic acid groups (broad SMARTS) is 1. The van der Waals surface area contributed by atoms with Crippen LogP contribution in [0.4, 0.5) is 0 Å². The Bertz CT molecular complexity index is 478. The highest BCUT2D eigenvalue weighted by atomic mass is 79.9. The number of hydrogen-bond acceptors (Lipinski definition) is 4. The third-order valence-corrected chi connectivity index (χ3v) is 3.34. The first-order valence-electron chi connectivity index (χ1n) is 5.42. The first-order chi connectivity index (χ1) is 8.86. The Morgan fingerprint density at radius 3 is 2.26 bits per heavy atom. The van der Waals surface area contributed by atoms with Crippen molar-refractivity contribution < 1.29 is 24.2 Å². The summed E-state index contributed by atoms with van der Waals surface area (Å²) in [5.74, 6) is -1.18. The number of benzene rings is 1. The molecule has 0 fully saturated rings. The summed E-state index contributed by atoms with van der Waals surface area (Å²) in [6.07, 6.45) is -0.789. The molecule has 5 nitrogen and oxygen atoms in total. The van der Waals surface area contributed by atoms with Crippen LogP contribution in [0.5, 0.6) is 5.75 Å². The van der Waals surface area contributed by atoms with E-state index in [1.54, 1.807) is 13.8 Å². The number of esters is 1. The van der Waals surface area contributed by atoms with Crippen LogP contribution in [-0.2, 0) is 9.53 Å². The second-order valence-electron chi connectivity index (χ2n) is 3.59. The molecule has 0 heterocycles. The monoisotopic (exact) mass is 394 g/mol. The van der Waals surface area contributed by atoms with Crippen LogP contribution in [0, 0.1) is 0 Å². The standard InChI is InChI=1S/C12H12Br2O5/c1-3-18-12(17)6(2)19-10-8(13)4-7(11(15)16)5-9(10)14/h4-6H,3H2,1-2H3,(H,15,16). The summed E-state index contributed by atoms with van der Waals surface area (Å²) >= 11 is 6.42. The molecule has 0 saturated heterocycles. The van der Waals surface area contributed by atoms with Gasteiger partial charge in [0.25, 0.3) is 0 Å².